The average Bonchev–Trinajstić information content (AvgIpc) is 3.21. The van der Waals surface area contributed by atoms with Gasteiger partial charge >= 0.3 is 6.03 Å². The van der Waals surface area contributed by atoms with E-state index in [2.05, 4.69) is 10.5 Å². The molecule has 1 N–H and O–H groups in total. The van der Waals surface area contributed by atoms with Crippen molar-refractivity contribution in [3.63, 3.8) is 0 Å². The predicted molar refractivity (Wildman–Crippen MR) is 85.1 cm³/mol. The van der Waals surface area contributed by atoms with Gasteiger partial charge in [0.15, 0.2) is 0 Å². The van der Waals surface area contributed by atoms with Crippen LogP contribution in [0.3, 0.4) is 0 Å². The van der Waals surface area contributed by atoms with Crippen LogP contribution < -0.4 is 10.1 Å². The van der Waals surface area contributed by atoms with E-state index in [4.69, 9.17) is 9.26 Å². The highest BCUT2D eigenvalue weighted by Gasteiger charge is 2.29. The van der Waals surface area contributed by atoms with E-state index in [1.54, 1.807) is 23.1 Å². The molecule has 1 aromatic heterocycles. The fraction of sp³-hybridized carbons (Fsp3) is 0.412. The van der Waals surface area contributed by atoms with Gasteiger partial charge in [0.1, 0.15) is 29.6 Å². The van der Waals surface area contributed by atoms with Crippen LogP contribution in [0.4, 0.5) is 9.18 Å². The van der Waals surface area contributed by atoms with E-state index in [9.17, 15) is 9.18 Å². The number of carbonyl (C=O) groups excluding carboxylic acids is 1. The number of aryl methyl sites for hydroxylation is 1. The summed E-state index contributed by atoms with van der Waals surface area (Å²) in [6, 6.07) is 7.54. The molecule has 24 heavy (non-hydrogen) atoms. The molecule has 1 atom stereocenters. The van der Waals surface area contributed by atoms with Crippen LogP contribution in [0.25, 0.3) is 0 Å². The zero-order valence-corrected chi connectivity index (χ0v) is 13.5. The van der Waals surface area contributed by atoms with Crippen molar-refractivity contribution in [3.05, 3.63) is 47.6 Å². The third kappa shape index (κ3) is 4.04. The Morgan fingerprint density at radius 2 is 2.25 bits per heavy atom. The van der Waals surface area contributed by atoms with Gasteiger partial charge in [0.25, 0.3) is 0 Å². The van der Waals surface area contributed by atoms with Crippen LogP contribution in [0, 0.1) is 12.7 Å². The van der Waals surface area contributed by atoms with E-state index in [1.807, 2.05) is 6.92 Å². The van der Waals surface area contributed by atoms with E-state index < -0.39 is 0 Å². The molecule has 1 fully saturated rings. The van der Waals surface area contributed by atoms with E-state index in [0.717, 1.165) is 12.8 Å². The summed E-state index contributed by atoms with van der Waals surface area (Å²) in [4.78, 5) is 14.1. The van der Waals surface area contributed by atoms with Crippen molar-refractivity contribution in [2.75, 3.05) is 13.2 Å². The molecule has 0 radical (unpaired) electrons. The van der Waals surface area contributed by atoms with Crippen LogP contribution in [0.15, 0.2) is 34.9 Å². The van der Waals surface area contributed by atoms with Crippen molar-refractivity contribution in [3.8, 4) is 5.75 Å². The van der Waals surface area contributed by atoms with Crippen LogP contribution in [-0.4, -0.2) is 35.3 Å². The first-order valence-corrected chi connectivity index (χ1v) is 7.97. The first kappa shape index (κ1) is 16.3. The van der Waals surface area contributed by atoms with Crippen LogP contribution in [0.1, 0.15) is 24.3 Å². The highest BCUT2D eigenvalue weighted by molar-refractivity contribution is 5.74. The normalized spacial score (nSPS) is 17.1. The fourth-order valence-corrected chi connectivity index (χ4v) is 2.77. The molecule has 0 saturated carbocycles. The van der Waals surface area contributed by atoms with Gasteiger partial charge < -0.3 is 19.5 Å². The SMILES string of the molecule is Cc1cc(CNC(=O)N2CCC[C@H]2COc2ccc(F)cc2)no1. The van der Waals surface area contributed by atoms with Crippen molar-refractivity contribution in [1.82, 2.24) is 15.4 Å². The van der Waals surface area contributed by atoms with Crippen molar-refractivity contribution in [2.45, 2.75) is 32.4 Å². The van der Waals surface area contributed by atoms with E-state index in [0.29, 0.717) is 36.9 Å². The minimum atomic E-state index is -0.299. The van der Waals surface area contributed by atoms with E-state index in [-0.39, 0.29) is 17.9 Å². The topological polar surface area (TPSA) is 67.6 Å². The number of urea groups is 1. The number of aromatic nitrogens is 1. The summed E-state index contributed by atoms with van der Waals surface area (Å²) in [6.07, 6.45) is 1.83. The molecule has 2 heterocycles. The highest BCUT2D eigenvalue weighted by Crippen LogP contribution is 2.19. The van der Waals surface area contributed by atoms with Gasteiger partial charge in [-0.2, -0.15) is 0 Å². The van der Waals surface area contributed by atoms with Gasteiger partial charge in [-0.15, -0.1) is 0 Å². The zero-order valence-electron chi connectivity index (χ0n) is 13.5. The van der Waals surface area contributed by atoms with Crippen LogP contribution in [-0.2, 0) is 6.54 Å². The molecule has 0 aliphatic carbocycles. The van der Waals surface area contributed by atoms with Gasteiger partial charge in [0.2, 0.25) is 0 Å². The number of carbonyl (C=O) groups is 1. The lowest BCUT2D eigenvalue weighted by molar-refractivity contribution is 0.165. The Morgan fingerprint density at radius 3 is 2.96 bits per heavy atom. The van der Waals surface area contributed by atoms with Crippen LogP contribution in [0.2, 0.25) is 0 Å². The maximum atomic E-state index is 12.9. The number of hydrogen-bond acceptors (Lipinski definition) is 4. The van der Waals surface area contributed by atoms with Gasteiger partial charge in [-0.05, 0) is 44.0 Å². The second-order valence-corrected chi connectivity index (χ2v) is 5.84. The molecule has 128 valence electrons. The second-order valence-electron chi connectivity index (χ2n) is 5.84. The number of nitrogens with zero attached hydrogens (tertiary/aromatic N) is 2. The fourth-order valence-electron chi connectivity index (χ4n) is 2.77. The minimum absolute atomic E-state index is 0.00842. The van der Waals surface area contributed by atoms with Crippen molar-refractivity contribution >= 4 is 6.03 Å². The Kier molecular flexibility index (Phi) is 4.98. The smallest absolute Gasteiger partial charge is 0.318 e. The molecule has 3 rings (SSSR count). The minimum Gasteiger partial charge on any atom is -0.491 e. The first-order valence-electron chi connectivity index (χ1n) is 7.97. The summed E-state index contributed by atoms with van der Waals surface area (Å²) in [6.45, 7) is 3.23. The molecule has 7 heteroatoms. The second kappa shape index (κ2) is 7.33. The average molecular weight is 333 g/mol. The lowest BCUT2D eigenvalue weighted by Gasteiger charge is -2.25. The van der Waals surface area contributed by atoms with Crippen molar-refractivity contribution in [1.29, 1.82) is 0 Å². The Labute approximate surface area is 139 Å². The van der Waals surface area contributed by atoms with Gasteiger partial charge in [0, 0.05) is 12.6 Å². The molecule has 2 amide bonds. The van der Waals surface area contributed by atoms with Gasteiger partial charge in [-0.25, -0.2) is 9.18 Å². The molecule has 1 aliphatic heterocycles. The van der Waals surface area contributed by atoms with E-state index in [1.165, 1.54) is 12.1 Å². The van der Waals surface area contributed by atoms with Crippen molar-refractivity contribution < 1.29 is 18.4 Å². The molecular weight excluding hydrogens is 313 g/mol. The summed E-state index contributed by atoms with van der Waals surface area (Å²) in [5, 5.41) is 6.70. The molecular formula is C17H20FN3O3. The standard InChI is InChI=1S/C17H20FN3O3/c1-12-9-14(20-24-12)10-19-17(22)21-8-2-3-15(21)11-23-16-6-4-13(18)5-7-16/h4-7,9,15H,2-3,8,10-11H2,1H3,(H,19,22)/t15-/m0/s1. The summed E-state index contributed by atoms with van der Waals surface area (Å²) in [5.74, 6) is 1.01. The summed E-state index contributed by atoms with van der Waals surface area (Å²) in [5.41, 5.74) is 0.694. The molecule has 6 nitrogen and oxygen atoms in total. The number of rotatable bonds is 5. The number of likely N-dealkylation sites (tertiary alicyclic amines) is 1. The largest absolute Gasteiger partial charge is 0.491 e. The number of benzene rings is 1. The number of nitrogens with one attached hydrogen (secondary N) is 1. The van der Waals surface area contributed by atoms with Gasteiger partial charge in [-0.1, -0.05) is 5.16 Å². The lowest BCUT2D eigenvalue weighted by atomic mass is 10.2. The van der Waals surface area contributed by atoms with Crippen LogP contribution in [0.5, 0.6) is 5.75 Å². The predicted octanol–water partition coefficient (Wildman–Crippen LogP) is 2.88. The van der Waals surface area contributed by atoms with Crippen LogP contribution >= 0.6 is 0 Å². The number of ether oxygens (including phenoxy) is 1. The summed E-state index contributed by atoms with van der Waals surface area (Å²) in [7, 11) is 0. The Bertz CT molecular complexity index is 687. The Hall–Kier alpha value is -2.57. The molecule has 1 aromatic carbocycles. The molecule has 0 spiro atoms. The third-order valence-electron chi connectivity index (χ3n) is 3.99. The molecule has 0 unspecified atom stereocenters. The van der Waals surface area contributed by atoms with E-state index >= 15 is 0 Å². The van der Waals surface area contributed by atoms with Gasteiger partial charge in [0.05, 0.1) is 12.6 Å². The third-order valence-corrected chi connectivity index (χ3v) is 3.99. The molecule has 1 aliphatic rings. The number of hydrogen-bond donors (Lipinski definition) is 1. The molecule has 1 saturated heterocycles. The Balaban J connectivity index is 1.50. The van der Waals surface area contributed by atoms with Gasteiger partial charge in [-0.3, -0.25) is 0 Å². The Morgan fingerprint density at radius 1 is 1.46 bits per heavy atom. The maximum absolute atomic E-state index is 12.9. The highest BCUT2D eigenvalue weighted by atomic mass is 19.1. The number of halogens is 1. The number of amides is 2. The molecule has 2 aromatic rings. The molecule has 0 bridgehead atoms. The maximum Gasteiger partial charge on any atom is 0.318 e. The van der Waals surface area contributed by atoms with Crippen molar-refractivity contribution in [2.24, 2.45) is 0 Å². The zero-order chi connectivity index (χ0) is 16.9. The summed E-state index contributed by atoms with van der Waals surface area (Å²) >= 11 is 0. The summed E-state index contributed by atoms with van der Waals surface area (Å²) < 4.78 is 23.5. The quantitative estimate of drug-likeness (QED) is 0.913. The monoisotopic (exact) mass is 333 g/mol. The lowest BCUT2D eigenvalue weighted by Crippen LogP contribution is -2.44. The first-order chi connectivity index (χ1) is 11.6.